The van der Waals surface area contributed by atoms with Gasteiger partial charge in [0.05, 0.1) is 16.6 Å². The maximum absolute atomic E-state index is 13.6. The molecule has 0 radical (unpaired) electrons. The van der Waals surface area contributed by atoms with Crippen molar-refractivity contribution in [2.24, 2.45) is 0 Å². The standard InChI is InChI=1S/C22H14F3N5S/c23-22(24,25)16-8-3-1-6-13(16)19-27-17-9-4-2-7-14(17)20(28-19)29-21-15(12-26-30-21)18-10-5-11-31-18/h1-12H,(H2,26,27,28,29,30). The number of alkyl halides is 3. The monoisotopic (exact) mass is 437 g/mol. The van der Waals surface area contributed by atoms with Gasteiger partial charge in [0.15, 0.2) is 11.6 Å². The second kappa shape index (κ2) is 7.51. The van der Waals surface area contributed by atoms with Crippen molar-refractivity contribution in [3.63, 3.8) is 0 Å². The SMILES string of the molecule is FC(F)(F)c1ccccc1-c1nc(Nc2n[nH]cc2-c2cccs2)c2ccccc2n1. The first-order valence-corrected chi connectivity index (χ1v) is 10.2. The first-order valence-electron chi connectivity index (χ1n) is 9.29. The van der Waals surface area contributed by atoms with Crippen molar-refractivity contribution in [2.75, 3.05) is 5.32 Å². The van der Waals surface area contributed by atoms with Crippen molar-refractivity contribution in [3.8, 4) is 21.8 Å². The number of nitrogens with zero attached hydrogens (tertiary/aromatic N) is 3. The van der Waals surface area contributed by atoms with E-state index in [9.17, 15) is 13.2 Å². The normalized spacial score (nSPS) is 11.7. The van der Waals surface area contributed by atoms with Crippen LogP contribution in [-0.4, -0.2) is 20.2 Å². The van der Waals surface area contributed by atoms with Crippen LogP contribution in [0.5, 0.6) is 0 Å². The van der Waals surface area contributed by atoms with Gasteiger partial charge >= 0.3 is 6.18 Å². The Balaban J connectivity index is 1.67. The highest BCUT2D eigenvalue weighted by Gasteiger charge is 2.34. The number of rotatable bonds is 4. The Labute approximate surface area is 178 Å². The molecular weight excluding hydrogens is 423 g/mol. The lowest BCUT2D eigenvalue weighted by Crippen LogP contribution is -2.08. The quantitative estimate of drug-likeness (QED) is 0.336. The van der Waals surface area contributed by atoms with E-state index in [2.05, 4.69) is 25.5 Å². The van der Waals surface area contributed by atoms with Crippen LogP contribution in [-0.2, 0) is 6.18 Å². The predicted molar refractivity (Wildman–Crippen MR) is 115 cm³/mol. The molecule has 0 spiro atoms. The van der Waals surface area contributed by atoms with Gasteiger partial charge in [0, 0.05) is 22.0 Å². The molecule has 0 atom stereocenters. The van der Waals surface area contributed by atoms with Gasteiger partial charge in [0.25, 0.3) is 0 Å². The lowest BCUT2D eigenvalue weighted by Gasteiger charge is -2.14. The number of nitrogens with one attached hydrogen (secondary N) is 2. The number of H-pyrrole nitrogens is 1. The third-order valence-corrected chi connectivity index (χ3v) is 5.64. The molecule has 0 saturated carbocycles. The lowest BCUT2D eigenvalue weighted by molar-refractivity contribution is -0.137. The molecule has 5 aromatic rings. The minimum Gasteiger partial charge on any atom is -0.322 e. The van der Waals surface area contributed by atoms with Gasteiger partial charge in [-0.1, -0.05) is 36.4 Å². The summed E-state index contributed by atoms with van der Waals surface area (Å²) in [6, 6.07) is 16.4. The molecule has 0 saturated heterocycles. The van der Waals surface area contributed by atoms with Crippen LogP contribution in [0.25, 0.3) is 32.7 Å². The van der Waals surface area contributed by atoms with Gasteiger partial charge in [0.2, 0.25) is 0 Å². The molecule has 0 bridgehead atoms. The van der Waals surface area contributed by atoms with Crippen molar-refractivity contribution < 1.29 is 13.2 Å². The molecule has 5 nitrogen and oxygen atoms in total. The van der Waals surface area contributed by atoms with Gasteiger partial charge in [-0.15, -0.1) is 11.3 Å². The summed E-state index contributed by atoms with van der Waals surface area (Å²) >= 11 is 1.56. The highest BCUT2D eigenvalue weighted by molar-refractivity contribution is 7.13. The smallest absolute Gasteiger partial charge is 0.322 e. The molecule has 154 valence electrons. The van der Waals surface area contributed by atoms with Crippen molar-refractivity contribution >= 4 is 33.9 Å². The van der Waals surface area contributed by atoms with Crippen LogP contribution < -0.4 is 5.32 Å². The molecule has 0 amide bonds. The molecule has 31 heavy (non-hydrogen) atoms. The Morgan fingerprint density at radius 1 is 0.839 bits per heavy atom. The van der Waals surface area contributed by atoms with E-state index in [1.54, 1.807) is 35.7 Å². The summed E-state index contributed by atoms with van der Waals surface area (Å²) < 4.78 is 40.7. The number of benzene rings is 2. The summed E-state index contributed by atoms with van der Waals surface area (Å²) in [7, 11) is 0. The van der Waals surface area contributed by atoms with Crippen molar-refractivity contribution in [2.45, 2.75) is 6.18 Å². The molecule has 0 aliphatic rings. The van der Waals surface area contributed by atoms with Crippen LogP contribution in [0.3, 0.4) is 0 Å². The number of hydrogen-bond acceptors (Lipinski definition) is 5. The Hall–Kier alpha value is -3.72. The average Bonchev–Trinajstić information content (AvgIpc) is 3.45. The Kier molecular flexibility index (Phi) is 4.67. The van der Waals surface area contributed by atoms with Crippen LogP contribution in [0.1, 0.15) is 5.56 Å². The van der Waals surface area contributed by atoms with Crippen LogP contribution in [0.4, 0.5) is 24.8 Å². The van der Waals surface area contributed by atoms with Crippen LogP contribution >= 0.6 is 11.3 Å². The van der Waals surface area contributed by atoms with Gasteiger partial charge in [-0.3, -0.25) is 5.10 Å². The number of halogens is 3. The molecule has 9 heteroatoms. The van der Waals surface area contributed by atoms with Gasteiger partial charge in [-0.25, -0.2) is 9.97 Å². The van der Waals surface area contributed by atoms with E-state index in [0.717, 1.165) is 16.5 Å². The highest BCUT2D eigenvalue weighted by atomic mass is 32.1. The van der Waals surface area contributed by atoms with E-state index >= 15 is 0 Å². The molecule has 0 aliphatic carbocycles. The number of para-hydroxylation sites is 1. The van der Waals surface area contributed by atoms with E-state index in [-0.39, 0.29) is 11.4 Å². The molecule has 2 N–H and O–H groups in total. The zero-order valence-corrected chi connectivity index (χ0v) is 16.6. The van der Waals surface area contributed by atoms with Crippen LogP contribution in [0, 0.1) is 0 Å². The van der Waals surface area contributed by atoms with E-state index in [1.165, 1.54) is 12.1 Å². The Morgan fingerprint density at radius 3 is 2.45 bits per heavy atom. The van der Waals surface area contributed by atoms with E-state index in [1.807, 2.05) is 29.6 Å². The second-order valence-electron chi connectivity index (χ2n) is 6.71. The van der Waals surface area contributed by atoms with Gasteiger partial charge in [-0.05, 0) is 29.6 Å². The number of aromatic nitrogens is 4. The fourth-order valence-electron chi connectivity index (χ4n) is 3.33. The Bertz CT molecular complexity index is 1360. The van der Waals surface area contributed by atoms with Crippen molar-refractivity contribution in [1.82, 2.24) is 20.2 Å². The van der Waals surface area contributed by atoms with Crippen LogP contribution in [0.15, 0.2) is 72.2 Å². The van der Waals surface area contributed by atoms with Crippen molar-refractivity contribution in [1.29, 1.82) is 0 Å². The number of hydrogen-bond donors (Lipinski definition) is 2. The summed E-state index contributed by atoms with van der Waals surface area (Å²) in [5, 5.41) is 12.9. The highest BCUT2D eigenvalue weighted by Crippen LogP contribution is 2.38. The fourth-order valence-corrected chi connectivity index (χ4v) is 4.08. The summed E-state index contributed by atoms with van der Waals surface area (Å²) in [6.45, 7) is 0. The molecule has 0 aliphatic heterocycles. The summed E-state index contributed by atoms with van der Waals surface area (Å²) in [4.78, 5) is 9.87. The van der Waals surface area contributed by atoms with Gasteiger partial charge in [-0.2, -0.15) is 18.3 Å². The van der Waals surface area contributed by atoms with E-state index < -0.39 is 11.7 Å². The van der Waals surface area contributed by atoms with E-state index in [0.29, 0.717) is 22.5 Å². The molecule has 3 aromatic heterocycles. The molecule has 0 unspecified atom stereocenters. The third kappa shape index (κ3) is 3.64. The zero-order valence-electron chi connectivity index (χ0n) is 15.8. The number of anilines is 2. The number of fused-ring (bicyclic) bond motifs is 1. The number of aromatic amines is 1. The van der Waals surface area contributed by atoms with Crippen molar-refractivity contribution in [3.05, 3.63) is 77.8 Å². The van der Waals surface area contributed by atoms with E-state index in [4.69, 9.17) is 0 Å². The largest absolute Gasteiger partial charge is 0.417 e. The van der Waals surface area contributed by atoms with Gasteiger partial charge < -0.3 is 5.32 Å². The minimum atomic E-state index is -4.52. The van der Waals surface area contributed by atoms with Gasteiger partial charge in [0.1, 0.15) is 5.82 Å². The minimum absolute atomic E-state index is 0.0117. The molecule has 0 fully saturated rings. The summed E-state index contributed by atoms with van der Waals surface area (Å²) in [5.74, 6) is 0.895. The Morgan fingerprint density at radius 2 is 1.65 bits per heavy atom. The molecule has 5 rings (SSSR count). The average molecular weight is 437 g/mol. The molecule has 3 heterocycles. The maximum atomic E-state index is 13.6. The first kappa shape index (κ1) is 19.3. The molecular formula is C22H14F3N5S. The molecule has 2 aromatic carbocycles. The fraction of sp³-hybridized carbons (Fsp3) is 0.0455. The third-order valence-electron chi connectivity index (χ3n) is 4.74. The maximum Gasteiger partial charge on any atom is 0.417 e. The summed E-state index contributed by atoms with van der Waals surface area (Å²) in [6.07, 6.45) is -2.76. The van der Waals surface area contributed by atoms with Crippen LogP contribution in [0.2, 0.25) is 0 Å². The first-order chi connectivity index (χ1) is 15.0. The summed E-state index contributed by atoms with van der Waals surface area (Å²) in [5.41, 5.74) is 0.509. The zero-order chi connectivity index (χ0) is 21.4. The predicted octanol–water partition coefficient (Wildman–Crippen LogP) is 6.51. The number of thiophene rings is 1. The second-order valence-corrected chi connectivity index (χ2v) is 7.65. The topological polar surface area (TPSA) is 66.5 Å². The lowest BCUT2D eigenvalue weighted by atomic mass is 10.1.